The molecule has 2 heteroatoms. The van der Waals surface area contributed by atoms with Crippen LogP contribution < -0.4 is 10.2 Å². The molecule has 2 rings (SSSR count). The van der Waals surface area contributed by atoms with Crippen molar-refractivity contribution >= 4 is 5.69 Å². The Labute approximate surface area is 130 Å². The molecule has 118 valence electrons. The van der Waals surface area contributed by atoms with Gasteiger partial charge in [-0.2, -0.15) is 0 Å². The Hall–Kier alpha value is -1.02. The SMILES string of the molecule is Cc1ccc(N(CC2CC2)C(C)C)c(CNC(C)(C)C)c1. The van der Waals surface area contributed by atoms with Gasteiger partial charge < -0.3 is 10.2 Å². The van der Waals surface area contributed by atoms with Crippen LogP contribution in [-0.4, -0.2) is 18.1 Å². The second-order valence-corrected chi connectivity index (χ2v) is 7.93. The number of nitrogens with one attached hydrogen (secondary N) is 1. The maximum atomic E-state index is 3.64. The van der Waals surface area contributed by atoms with Crippen LogP contribution in [0.2, 0.25) is 0 Å². The lowest BCUT2D eigenvalue weighted by molar-refractivity contribution is 0.424. The van der Waals surface area contributed by atoms with Crippen LogP contribution in [0.3, 0.4) is 0 Å². The van der Waals surface area contributed by atoms with Crippen LogP contribution in [0, 0.1) is 12.8 Å². The van der Waals surface area contributed by atoms with Crippen molar-refractivity contribution in [1.82, 2.24) is 5.32 Å². The fourth-order valence-corrected chi connectivity index (χ4v) is 2.66. The largest absolute Gasteiger partial charge is 0.369 e. The Kier molecular flexibility index (Phi) is 4.98. The zero-order valence-electron chi connectivity index (χ0n) is 14.7. The molecule has 21 heavy (non-hydrogen) atoms. The molecule has 0 unspecified atom stereocenters. The van der Waals surface area contributed by atoms with Gasteiger partial charge in [-0.25, -0.2) is 0 Å². The first-order chi connectivity index (χ1) is 9.76. The normalized spacial score (nSPS) is 15.6. The van der Waals surface area contributed by atoms with Crippen LogP contribution in [0.5, 0.6) is 0 Å². The molecule has 1 N–H and O–H groups in total. The van der Waals surface area contributed by atoms with E-state index in [1.165, 1.54) is 36.2 Å². The minimum Gasteiger partial charge on any atom is -0.369 e. The fraction of sp³-hybridized carbons (Fsp3) is 0.684. The van der Waals surface area contributed by atoms with Crippen LogP contribution >= 0.6 is 0 Å². The van der Waals surface area contributed by atoms with Crippen molar-refractivity contribution < 1.29 is 0 Å². The van der Waals surface area contributed by atoms with E-state index >= 15 is 0 Å². The summed E-state index contributed by atoms with van der Waals surface area (Å²) in [4.78, 5) is 2.59. The molecule has 0 aliphatic heterocycles. The number of aryl methyl sites for hydroxylation is 1. The fourth-order valence-electron chi connectivity index (χ4n) is 2.66. The smallest absolute Gasteiger partial charge is 0.0414 e. The minimum atomic E-state index is 0.153. The maximum absolute atomic E-state index is 3.64. The highest BCUT2D eigenvalue weighted by Crippen LogP contribution is 2.33. The second kappa shape index (κ2) is 6.39. The molecule has 0 radical (unpaired) electrons. The highest BCUT2D eigenvalue weighted by molar-refractivity contribution is 5.56. The lowest BCUT2D eigenvalue weighted by atomic mass is 10.0. The molecule has 0 amide bonds. The lowest BCUT2D eigenvalue weighted by Crippen LogP contribution is -2.37. The van der Waals surface area contributed by atoms with Crippen LogP contribution in [0.25, 0.3) is 0 Å². The van der Waals surface area contributed by atoms with Gasteiger partial charge in [0.05, 0.1) is 0 Å². The Morgan fingerprint density at radius 2 is 1.90 bits per heavy atom. The van der Waals surface area contributed by atoms with Crippen LogP contribution in [0.1, 0.15) is 58.6 Å². The zero-order valence-corrected chi connectivity index (χ0v) is 14.7. The van der Waals surface area contributed by atoms with Crippen molar-refractivity contribution in [1.29, 1.82) is 0 Å². The van der Waals surface area contributed by atoms with E-state index in [-0.39, 0.29) is 5.54 Å². The van der Waals surface area contributed by atoms with Crippen molar-refractivity contribution in [2.75, 3.05) is 11.4 Å². The van der Waals surface area contributed by atoms with E-state index < -0.39 is 0 Å². The standard InChI is InChI=1S/C19H32N2/c1-14(2)21(13-16-8-9-16)18-10-7-15(3)11-17(18)12-20-19(4,5)6/h7,10-11,14,16,20H,8-9,12-13H2,1-6H3. The van der Waals surface area contributed by atoms with Gasteiger partial charge in [0.2, 0.25) is 0 Å². The molecule has 0 saturated heterocycles. The van der Waals surface area contributed by atoms with Gasteiger partial charge in [-0.05, 0) is 71.9 Å². The van der Waals surface area contributed by atoms with Gasteiger partial charge >= 0.3 is 0 Å². The number of hydrogen-bond donors (Lipinski definition) is 1. The Balaban J connectivity index is 2.22. The van der Waals surface area contributed by atoms with E-state index in [9.17, 15) is 0 Å². The van der Waals surface area contributed by atoms with Crippen LogP contribution in [0.4, 0.5) is 5.69 Å². The first-order valence-corrected chi connectivity index (χ1v) is 8.37. The molecule has 0 spiro atoms. The molecule has 0 aromatic heterocycles. The molecular formula is C19H32N2. The van der Waals surface area contributed by atoms with E-state index in [1.54, 1.807) is 0 Å². The van der Waals surface area contributed by atoms with Crippen molar-refractivity contribution in [3.05, 3.63) is 29.3 Å². The van der Waals surface area contributed by atoms with Gasteiger partial charge in [-0.3, -0.25) is 0 Å². The Morgan fingerprint density at radius 3 is 2.43 bits per heavy atom. The number of nitrogens with zero attached hydrogens (tertiary/aromatic N) is 1. The summed E-state index contributed by atoms with van der Waals surface area (Å²) in [5.41, 5.74) is 4.35. The first kappa shape index (κ1) is 16.4. The van der Waals surface area contributed by atoms with Crippen molar-refractivity contribution in [2.24, 2.45) is 5.92 Å². The molecule has 2 nitrogen and oxygen atoms in total. The van der Waals surface area contributed by atoms with Crippen LogP contribution in [-0.2, 0) is 6.54 Å². The van der Waals surface area contributed by atoms with Gasteiger partial charge in [0.1, 0.15) is 0 Å². The minimum absolute atomic E-state index is 0.153. The van der Waals surface area contributed by atoms with Gasteiger partial charge in [-0.1, -0.05) is 17.7 Å². The van der Waals surface area contributed by atoms with Crippen molar-refractivity contribution in [3.63, 3.8) is 0 Å². The highest BCUT2D eigenvalue weighted by Gasteiger charge is 2.26. The van der Waals surface area contributed by atoms with E-state index in [1.807, 2.05) is 0 Å². The quantitative estimate of drug-likeness (QED) is 0.828. The van der Waals surface area contributed by atoms with Crippen molar-refractivity contribution in [3.8, 4) is 0 Å². The monoisotopic (exact) mass is 288 g/mol. The molecular weight excluding hydrogens is 256 g/mol. The molecule has 1 aromatic rings. The summed E-state index contributed by atoms with van der Waals surface area (Å²) in [6.07, 6.45) is 2.81. The Morgan fingerprint density at radius 1 is 1.24 bits per heavy atom. The van der Waals surface area contributed by atoms with Gasteiger partial charge in [0, 0.05) is 30.4 Å². The van der Waals surface area contributed by atoms with Crippen LogP contribution in [0.15, 0.2) is 18.2 Å². The summed E-state index contributed by atoms with van der Waals surface area (Å²) in [7, 11) is 0. The molecule has 1 fully saturated rings. The lowest BCUT2D eigenvalue weighted by Gasteiger charge is -2.32. The third-order valence-corrected chi connectivity index (χ3v) is 4.13. The summed E-state index contributed by atoms with van der Waals surface area (Å²) >= 11 is 0. The molecule has 0 heterocycles. The number of rotatable bonds is 6. The summed E-state index contributed by atoms with van der Waals surface area (Å²) in [5.74, 6) is 0.914. The number of anilines is 1. The zero-order chi connectivity index (χ0) is 15.6. The molecule has 1 aromatic carbocycles. The highest BCUT2D eigenvalue weighted by atomic mass is 15.2. The maximum Gasteiger partial charge on any atom is 0.0414 e. The van der Waals surface area contributed by atoms with E-state index in [0.29, 0.717) is 6.04 Å². The first-order valence-electron chi connectivity index (χ1n) is 8.37. The number of hydrogen-bond acceptors (Lipinski definition) is 2. The number of benzene rings is 1. The third-order valence-electron chi connectivity index (χ3n) is 4.13. The molecule has 1 aliphatic carbocycles. The van der Waals surface area contributed by atoms with E-state index in [4.69, 9.17) is 0 Å². The van der Waals surface area contributed by atoms with E-state index in [2.05, 4.69) is 70.0 Å². The molecule has 0 bridgehead atoms. The molecule has 0 atom stereocenters. The van der Waals surface area contributed by atoms with Gasteiger partial charge in [0.25, 0.3) is 0 Å². The van der Waals surface area contributed by atoms with Gasteiger partial charge in [-0.15, -0.1) is 0 Å². The summed E-state index contributed by atoms with van der Waals surface area (Å²) in [5, 5.41) is 3.64. The average Bonchev–Trinajstić information content (AvgIpc) is 3.17. The van der Waals surface area contributed by atoms with Crippen molar-refractivity contribution in [2.45, 2.75) is 72.5 Å². The summed E-state index contributed by atoms with van der Waals surface area (Å²) < 4.78 is 0. The summed E-state index contributed by atoms with van der Waals surface area (Å²) in [6.45, 7) is 15.6. The third kappa shape index (κ3) is 5.03. The predicted octanol–water partition coefficient (Wildman–Crippen LogP) is 4.51. The predicted molar refractivity (Wildman–Crippen MR) is 93.0 cm³/mol. The molecule has 1 aliphatic rings. The Bertz CT molecular complexity index is 467. The van der Waals surface area contributed by atoms with Gasteiger partial charge in [0.15, 0.2) is 0 Å². The second-order valence-electron chi connectivity index (χ2n) is 7.93. The average molecular weight is 288 g/mol. The molecule has 1 saturated carbocycles. The van der Waals surface area contributed by atoms with E-state index in [0.717, 1.165) is 12.5 Å². The topological polar surface area (TPSA) is 15.3 Å². The summed E-state index contributed by atoms with van der Waals surface area (Å²) in [6, 6.07) is 7.47.